The number of aliphatic hydroxyl groups excluding tert-OH is 1. The van der Waals surface area contributed by atoms with Crippen molar-refractivity contribution in [2.45, 2.75) is 58.3 Å². The van der Waals surface area contributed by atoms with E-state index in [4.69, 9.17) is 0 Å². The zero-order valence-corrected chi connectivity index (χ0v) is 13.7. The first-order valence-corrected chi connectivity index (χ1v) is 8.41. The third-order valence-electron chi connectivity index (χ3n) is 3.69. The molecule has 1 atom stereocenters. The molecule has 0 amide bonds. The van der Waals surface area contributed by atoms with Gasteiger partial charge in [-0.05, 0) is 30.4 Å². The quantitative estimate of drug-likeness (QED) is 0.574. The minimum absolute atomic E-state index is 0.302. The van der Waals surface area contributed by atoms with Crippen molar-refractivity contribution in [3.8, 4) is 0 Å². The Kier molecular flexibility index (Phi) is 9.19. The van der Waals surface area contributed by atoms with Crippen LogP contribution in [0.5, 0.6) is 0 Å². The maximum absolute atomic E-state index is 9.50. The monoisotopic (exact) mass is 326 g/mol. The number of hydrogen-bond donors (Lipinski definition) is 1. The fourth-order valence-electron chi connectivity index (χ4n) is 2.45. The van der Waals surface area contributed by atoms with E-state index >= 15 is 0 Å². The van der Waals surface area contributed by atoms with Crippen molar-refractivity contribution in [1.29, 1.82) is 0 Å². The summed E-state index contributed by atoms with van der Waals surface area (Å²) in [5.41, 5.74) is 1.31. The minimum Gasteiger partial charge on any atom is -0.396 e. The highest BCUT2D eigenvalue weighted by Crippen LogP contribution is 2.22. The van der Waals surface area contributed by atoms with Gasteiger partial charge in [0.05, 0.1) is 0 Å². The summed E-state index contributed by atoms with van der Waals surface area (Å²) in [6.45, 7) is 2.55. The maximum Gasteiger partial charge on any atom is 0.0462 e. The molecule has 0 saturated carbocycles. The number of unbranched alkanes of at least 4 members (excludes halogenated alkanes) is 5. The molecule has 19 heavy (non-hydrogen) atoms. The third-order valence-corrected chi connectivity index (χ3v) is 4.46. The number of rotatable bonds is 10. The summed E-state index contributed by atoms with van der Waals surface area (Å²) in [7, 11) is 0. The van der Waals surface area contributed by atoms with Crippen LogP contribution in [-0.2, 0) is 6.42 Å². The van der Waals surface area contributed by atoms with Crippen LogP contribution in [0.3, 0.4) is 0 Å². The zero-order valence-electron chi connectivity index (χ0n) is 12.1. The average Bonchev–Trinajstić information content (AvgIpc) is 2.43. The van der Waals surface area contributed by atoms with Gasteiger partial charge in [-0.2, -0.15) is 0 Å². The predicted molar refractivity (Wildman–Crippen MR) is 86.4 cm³/mol. The van der Waals surface area contributed by atoms with Crippen LogP contribution in [0.2, 0.25) is 0 Å². The molecule has 2 heteroatoms. The second-order valence-electron chi connectivity index (χ2n) is 5.40. The van der Waals surface area contributed by atoms with Gasteiger partial charge in [0.2, 0.25) is 0 Å². The first-order valence-electron chi connectivity index (χ1n) is 7.62. The summed E-state index contributed by atoms with van der Waals surface area (Å²) in [5, 5.41) is 9.50. The highest BCUT2D eigenvalue weighted by atomic mass is 79.9. The largest absolute Gasteiger partial charge is 0.396 e. The molecular formula is C17H27BrO. The highest BCUT2D eigenvalue weighted by molar-refractivity contribution is 9.10. The molecule has 1 N–H and O–H groups in total. The molecule has 0 heterocycles. The van der Waals surface area contributed by atoms with Crippen LogP contribution in [-0.4, -0.2) is 11.7 Å². The van der Waals surface area contributed by atoms with Crippen LogP contribution in [0.4, 0.5) is 0 Å². The number of hydrogen-bond acceptors (Lipinski definition) is 1. The van der Waals surface area contributed by atoms with E-state index in [0.29, 0.717) is 12.5 Å². The number of aliphatic hydroxyl groups is 1. The average molecular weight is 327 g/mol. The Labute approximate surface area is 126 Å². The normalized spacial score (nSPS) is 12.6. The van der Waals surface area contributed by atoms with Crippen molar-refractivity contribution >= 4 is 15.9 Å². The van der Waals surface area contributed by atoms with Crippen molar-refractivity contribution in [1.82, 2.24) is 0 Å². The van der Waals surface area contributed by atoms with Crippen LogP contribution in [0.1, 0.15) is 57.4 Å². The van der Waals surface area contributed by atoms with Crippen LogP contribution >= 0.6 is 15.9 Å². The molecule has 1 aromatic rings. The molecular weight excluding hydrogens is 300 g/mol. The standard InChI is InChI=1S/C17H27BrO/c1-2-3-4-5-6-7-10-15(14-19)13-16-11-8-9-12-17(16)18/h8-9,11-12,15,19H,2-7,10,13-14H2,1H3. The molecule has 0 radical (unpaired) electrons. The van der Waals surface area contributed by atoms with Crippen LogP contribution in [0.15, 0.2) is 28.7 Å². The molecule has 0 saturated heterocycles. The summed E-state index contributed by atoms with van der Waals surface area (Å²) in [5.74, 6) is 0.407. The maximum atomic E-state index is 9.50. The highest BCUT2D eigenvalue weighted by Gasteiger charge is 2.10. The van der Waals surface area contributed by atoms with Crippen LogP contribution in [0.25, 0.3) is 0 Å². The Morgan fingerprint density at radius 1 is 1.05 bits per heavy atom. The van der Waals surface area contributed by atoms with Crippen molar-refractivity contribution in [2.24, 2.45) is 5.92 Å². The second kappa shape index (κ2) is 10.4. The molecule has 0 aliphatic carbocycles. The summed E-state index contributed by atoms with van der Waals surface area (Å²) in [4.78, 5) is 0. The SMILES string of the molecule is CCCCCCCCC(CO)Cc1ccccc1Br. The Bertz CT molecular complexity index is 338. The molecule has 108 valence electrons. The fraction of sp³-hybridized carbons (Fsp3) is 0.647. The van der Waals surface area contributed by atoms with Gasteiger partial charge < -0.3 is 5.11 Å². The van der Waals surface area contributed by atoms with Crippen molar-refractivity contribution in [3.63, 3.8) is 0 Å². The molecule has 1 unspecified atom stereocenters. The Morgan fingerprint density at radius 3 is 2.42 bits per heavy atom. The Morgan fingerprint density at radius 2 is 1.74 bits per heavy atom. The Balaban J connectivity index is 2.24. The van der Waals surface area contributed by atoms with Gasteiger partial charge >= 0.3 is 0 Å². The molecule has 0 aliphatic rings. The topological polar surface area (TPSA) is 20.2 Å². The van der Waals surface area contributed by atoms with Gasteiger partial charge in [-0.15, -0.1) is 0 Å². The van der Waals surface area contributed by atoms with E-state index < -0.39 is 0 Å². The van der Waals surface area contributed by atoms with Crippen LogP contribution < -0.4 is 0 Å². The van der Waals surface area contributed by atoms with E-state index in [0.717, 1.165) is 17.3 Å². The summed E-state index contributed by atoms with van der Waals surface area (Å²) in [6.07, 6.45) is 10.1. The molecule has 0 bridgehead atoms. The van der Waals surface area contributed by atoms with E-state index in [9.17, 15) is 5.11 Å². The summed E-state index contributed by atoms with van der Waals surface area (Å²) in [6, 6.07) is 8.33. The molecule has 1 rings (SSSR count). The van der Waals surface area contributed by atoms with Crippen LogP contribution in [0, 0.1) is 5.92 Å². The second-order valence-corrected chi connectivity index (χ2v) is 6.25. The van der Waals surface area contributed by atoms with Crippen molar-refractivity contribution in [2.75, 3.05) is 6.61 Å². The number of halogens is 1. The lowest BCUT2D eigenvalue weighted by atomic mass is 9.94. The van der Waals surface area contributed by atoms with E-state index in [1.807, 2.05) is 6.07 Å². The number of benzene rings is 1. The first-order chi connectivity index (χ1) is 9.27. The van der Waals surface area contributed by atoms with Gasteiger partial charge in [0.15, 0.2) is 0 Å². The van der Waals surface area contributed by atoms with Gasteiger partial charge in [0, 0.05) is 11.1 Å². The lowest BCUT2D eigenvalue weighted by Gasteiger charge is -2.15. The summed E-state index contributed by atoms with van der Waals surface area (Å²) >= 11 is 3.58. The Hall–Kier alpha value is -0.340. The molecule has 0 aromatic heterocycles. The molecule has 0 aliphatic heterocycles. The van der Waals surface area contributed by atoms with Gasteiger partial charge in [0.1, 0.15) is 0 Å². The lowest BCUT2D eigenvalue weighted by molar-refractivity contribution is 0.214. The van der Waals surface area contributed by atoms with Gasteiger partial charge in [-0.25, -0.2) is 0 Å². The van der Waals surface area contributed by atoms with Gasteiger partial charge in [-0.3, -0.25) is 0 Å². The zero-order chi connectivity index (χ0) is 13.9. The minimum atomic E-state index is 0.302. The predicted octanol–water partition coefficient (Wildman–Crippen LogP) is 5.35. The van der Waals surface area contributed by atoms with Crippen molar-refractivity contribution in [3.05, 3.63) is 34.3 Å². The van der Waals surface area contributed by atoms with E-state index in [1.165, 1.54) is 44.1 Å². The third kappa shape index (κ3) is 7.12. The first kappa shape index (κ1) is 16.7. The van der Waals surface area contributed by atoms with Crippen molar-refractivity contribution < 1.29 is 5.11 Å². The molecule has 1 nitrogen and oxygen atoms in total. The van der Waals surface area contributed by atoms with E-state index in [-0.39, 0.29) is 0 Å². The fourth-order valence-corrected chi connectivity index (χ4v) is 2.89. The lowest BCUT2D eigenvalue weighted by Crippen LogP contribution is -2.10. The smallest absolute Gasteiger partial charge is 0.0462 e. The summed E-state index contributed by atoms with van der Waals surface area (Å²) < 4.78 is 1.16. The molecule has 1 aromatic carbocycles. The molecule has 0 spiro atoms. The van der Waals surface area contributed by atoms with E-state index in [2.05, 4.69) is 41.1 Å². The van der Waals surface area contributed by atoms with E-state index in [1.54, 1.807) is 0 Å². The van der Waals surface area contributed by atoms with Gasteiger partial charge in [0.25, 0.3) is 0 Å². The van der Waals surface area contributed by atoms with Gasteiger partial charge in [-0.1, -0.05) is 79.6 Å². The molecule has 0 fully saturated rings.